The van der Waals surface area contributed by atoms with Crippen molar-refractivity contribution < 1.29 is 9.21 Å². The molecule has 1 aromatic carbocycles. The second-order valence-corrected chi connectivity index (χ2v) is 6.31. The maximum atomic E-state index is 11.9. The highest BCUT2D eigenvalue weighted by Crippen LogP contribution is 2.19. The van der Waals surface area contributed by atoms with Gasteiger partial charge >= 0.3 is 6.03 Å². The molecule has 0 N–H and O–H groups in total. The standard InChI is InChI=1S/C17H23N5O2/c1-13-4-6-14(7-5-13)16-19-18-15(24-16)12-21-8-10-22(11-9-21)17(23)20(2)3/h4-7H,8-12H2,1-3H3. The summed E-state index contributed by atoms with van der Waals surface area (Å²) in [4.78, 5) is 17.6. The molecule has 24 heavy (non-hydrogen) atoms. The Bertz CT molecular complexity index is 687. The summed E-state index contributed by atoms with van der Waals surface area (Å²) in [6, 6.07) is 8.09. The zero-order valence-corrected chi connectivity index (χ0v) is 14.4. The number of amides is 2. The van der Waals surface area contributed by atoms with Crippen LogP contribution in [0.5, 0.6) is 0 Å². The summed E-state index contributed by atoms with van der Waals surface area (Å²) in [6.45, 7) is 5.71. The Morgan fingerprint density at radius 2 is 1.79 bits per heavy atom. The molecule has 0 atom stereocenters. The average Bonchev–Trinajstić information content (AvgIpc) is 3.04. The Morgan fingerprint density at radius 1 is 1.12 bits per heavy atom. The number of nitrogens with zero attached hydrogens (tertiary/aromatic N) is 5. The van der Waals surface area contributed by atoms with Crippen LogP contribution in [0, 0.1) is 6.92 Å². The van der Waals surface area contributed by atoms with E-state index in [0.29, 0.717) is 18.3 Å². The predicted octanol–water partition coefficient (Wildman–Crippen LogP) is 1.84. The Hall–Kier alpha value is -2.41. The molecule has 0 radical (unpaired) electrons. The summed E-state index contributed by atoms with van der Waals surface area (Å²) >= 11 is 0. The van der Waals surface area contributed by atoms with E-state index in [1.165, 1.54) is 5.56 Å². The van der Waals surface area contributed by atoms with Crippen molar-refractivity contribution in [2.45, 2.75) is 13.5 Å². The molecule has 0 unspecified atom stereocenters. The fourth-order valence-electron chi connectivity index (χ4n) is 2.70. The summed E-state index contributed by atoms with van der Waals surface area (Å²) in [6.07, 6.45) is 0. The summed E-state index contributed by atoms with van der Waals surface area (Å²) in [7, 11) is 3.56. The molecular formula is C17H23N5O2. The van der Waals surface area contributed by atoms with Crippen molar-refractivity contribution in [1.29, 1.82) is 0 Å². The molecule has 0 aliphatic carbocycles. The van der Waals surface area contributed by atoms with Crippen LogP contribution in [0.15, 0.2) is 28.7 Å². The SMILES string of the molecule is Cc1ccc(-c2nnc(CN3CCN(C(=O)N(C)C)CC3)o2)cc1. The van der Waals surface area contributed by atoms with Gasteiger partial charge in [0.2, 0.25) is 11.8 Å². The second-order valence-electron chi connectivity index (χ2n) is 6.31. The van der Waals surface area contributed by atoms with Gasteiger partial charge in [0.05, 0.1) is 6.54 Å². The first-order valence-corrected chi connectivity index (χ1v) is 8.11. The topological polar surface area (TPSA) is 65.7 Å². The summed E-state index contributed by atoms with van der Waals surface area (Å²) in [5.41, 5.74) is 2.13. The van der Waals surface area contributed by atoms with Crippen LogP contribution in [0.4, 0.5) is 4.79 Å². The lowest BCUT2D eigenvalue weighted by Crippen LogP contribution is -2.51. The predicted molar refractivity (Wildman–Crippen MR) is 90.4 cm³/mol. The quantitative estimate of drug-likeness (QED) is 0.860. The number of urea groups is 1. The highest BCUT2D eigenvalue weighted by molar-refractivity contribution is 5.73. The van der Waals surface area contributed by atoms with Crippen molar-refractivity contribution in [2.75, 3.05) is 40.3 Å². The summed E-state index contributed by atoms with van der Waals surface area (Å²) in [5.74, 6) is 1.16. The molecule has 2 aromatic rings. The molecule has 0 spiro atoms. The monoisotopic (exact) mass is 329 g/mol. The average molecular weight is 329 g/mol. The maximum absolute atomic E-state index is 11.9. The lowest BCUT2D eigenvalue weighted by atomic mass is 10.1. The largest absolute Gasteiger partial charge is 0.419 e. The first kappa shape index (κ1) is 16.4. The van der Waals surface area contributed by atoms with Crippen LogP contribution in [-0.4, -0.2) is 71.2 Å². The second kappa shape index (κ2) is 7.00. The minimum atomic E-state index is 0.0640. The number of hydrogen-bond donors (Lipinski definition) is 0. The maximum Gasteiger partial charge on any atom is 0.319 e. The zero-order chi connectivity index (χ0) is 17.1. The van der Waals surface area contributed by atoms with E-state index in [1.54, 1.807) is 19.0 Å². The van der Waals surface area contributed by atoms with Gasteiger partial charge in [-0.3, -0.25) is 4.90 Å². The Kier molecular flexibility index (Phi) is 4.80. The van der Waals surface area contributed by atoms with Gasteiger partial charge in [-0.05, 0) is 19.1 Å². The van der Waals surface area contributed by atoms with E-state index in [1.807, 2.05) is 36.1 Å². The lowest BCUT2D eigenvalue weighted by Gasteiger charge is -2.35. The zero-order valence-electron chi connectivity index (χ0n) is 14.4. The van der Waals surface area contributed by atoms with Gasteiger partial charge in [-0.15, -0.1) is 10.2 Å². The Balaban J connectivity index is 1.56. The molecule has 3 rings (SSSR count). The minimum absolute atomic E-state index is 0.0640. The van der Waals surface area contributed by atoms with Crippen LogP contribution in [0.3, 0.4) is 0 Å². The third-order valence-corrected chi connectivity index (χ3v) is 4.15. The highest BCUT2D eigenvalue weighted by atomic mass is 16.4. The lowest BCUT2D eigenvalue weighted by molar-refractivity contribution is 0.115. The number of aromatic nitrogens is 2. The van der Waals surface area contributed by atoms with Crippen molar-refractivity contribution in [3.8, 4) is 11.5 Å². The third-order valence-electron chi connectivity index (χ3n) is 4.15. The van der Waals surface area contributed by atoms with E-state index in [-0.39, 0.29) is 6.03 Å². The van der Waals surface area contributed by atoms with Gasteiger partial charge in [-0.2, -0.15) is 0 Å². The van der Waals surface area contributed by atoms with E-state index in [2.05, 4.69) is 15.1 Å². The van der Waals surface area contributed by atoms with Gasteiger partial charge in [-0.1, -0.05) is 17.7 Å². The van der Waals surface area contributed by atoms with Crippen LogP contribution in [0.25, 0.3) is 11.5 Å². The highest BCUT2D eigenvalue weighted by Gasteiger charge is 2.23. The molecule has 0 bridgehead atoms. The van der Waals surface area contributed by atoms with E-state index in [4.69, 9.17) is 4.42 Å². The molecule has 0 saturated carbocycles. The van der Waals surface area contributed by atoms with E-state index >= 15 is 0 Å². The summed E-state index contributed by atoms with van der Waals surface area (Å²) in [5, 5.41) is 8.28. The van der Waals surface area contributed by atoms with Gasteiger partial charge in [0.1, 0.15) is 0 Å². The third kappa shape index (κ3) is 3.73. The van der Waals surface area contributed by atoms with Gasteiger partial charge in [0.25, 0.3) is 0 Å². The molecule has 2 amide bonds. The van der Waals surface area contributed by atoms with Gasteiger partial charge in [0, 0.05) is 45.8 Å². The number of hydrogen-bond acceptors (Lipinski definition) is 5. The molecule has 7 nitrogen and oxygen atoms in total. The van der Waals surface area contributed by atoms with Gasteiger partial charge in [0.15, 0.2) is 0 Å². The number of piperazine rings is 1. The van der Waals surface area contributed by atoms with E-state index in [9.17, 15) is 4.79 Å². The molecule has 1 aliphatic heterocycles. The molecule has 1 aromatic heterocycles. The van der Waals surface area contributed by atoms with Crippen LogP contribution in [0.2, 0.25) is 0 Å². The number of carbonyl (C=O) groups is 1. The molecule has 128 valence electrons. The van der Waals surface area contributed by atoms with E-state index < -0.39 is 0 Å². The fraction of sp³-hybridized carbons (Fsp3) is 0.471. The first-order valence-electron chi connectivity index (χ1n) is 8.11. The molecule has 1 saturated heterocycles. The van der Waals surface area contributed by atoms with Crippen LogP contribution >= 0.6 is 0 Å². The molecule has 1 fully saturated rings. The molecule has 7 heteroatoms. The smallest absolute Gasteiger partial charge is 0.319 e. The van der Waals surface area contributed by atoms with Crippen molar-refractivity contribution >= 4 is 6.03 Å². The first-order chi connectivity index (χ1) is 11.5. The van der Waals surface area contributed by atoms with Gasteiger partial charge < -0.3 is 14.2 Å². The van der Waals surface area contributed by atoms with Crippen LogP contribution < -0.4 is 0 Å². The molecule has 2 heterocycles. The molecule has 1 aliphatic rings. The van der Waals surface area contributed by atoms with Gasteiger partial charge in [-0.25, -0.2) is 4.79 Å². The fourth-order valence-corrected chi connectivity index (χ4v) is 2.70. The van der Waals surface area contributed by atoms with Crippen molar-refractivity contribution in [3.63, 3.8) is 0 Å². The number of benzene rings is 1. The van der Waals surface area contributed by atoms with Crippen molar-refractivity contribution in [2.24, 2.45) is 0 Å². The Labute approximate surface area is 141 Å². The normalized spacial score (nSPS) is 15.5. The number of aryl methyl sites for hydroxylation is 1. The Morgan fingerprint density at radius 3 is 2.42 bits per heavy atom. The summed E-state index contributed by atoms with van der Waals surface area (Å²) < 4.78 is 5.77. The molecular weight excluding hydrogens is 306 g/mol. The minimum Gasteiger partial charge on any atom is -0.419 e. The van der Waals surface area contributed by atoms with Crippen LogP contribution in [0.1, 0.15) is 11.5 Å². The van der Waals surface area contributed by atoms with E-state index in [0.717, 1.165) is 31.7 Å². The number of carbonyl (C=O) groups excluding carboxylic acids is 1. The number of rotatable bonds is 3. The van der Waals surface area contributed by atoms with Crippen LogP contribution in [-0.2, 0) is 6.54 Å². The van der Waals surface area contributed by atoms with Crippen molar-refractivity contribution in [3.05, 3.63) is 35.7 Å². The van der Waals surface area contributed by atoms with Crippen molar-refractivity contribution in [1.82, 2.24) is 24.9 Å².